The lowest BCUT2D eigenvalue weighted by atomic mass is 9.97. The Kier molecular flexibility index (Phi) is 48.7. The number of amides is 1. The van der Waals surface area contributed by atoms with Crippen LogP contribution in [-0.2, 0) is 23.7 Å². The van der Waals surface area contributed by atoms with Crippen molar-refractivity contribution in [1.82, 2.24) is 5.32 Å². The summed E-state index contributed by atoms with van der Waals surface area (Å²) in [5.41, 5.74) is 0. The van der Waals surface area contributed by atoms with Crippen molar-refractivity contribution in [2.75, 3.05) is 19.8 Å². The van der Waals surface area contributed by atoms with Gasteiger partial charge in [0, 0.05) is 6.42 Å². The number of aliphatic hydroxyl groups excluding tert-OH is 8. The summed E-state index contributed by atoms with van der Waals surface area (Å²) < 4.78 is 22.8. The quantitative estimate of drug-likeness (QED) is 0.0204. The summed E-state index contributed by atoms with van der Waals surface area (Å²) in [7, 11) is 0. The minimum Gasteiger partial charge on any atom is -0.394 e. The number of hydrogen-bond donors (Lipinski definition) is 9. The van der Waals surface area contributed by atoms with Crippen LogP contribution in [0.4, 0.5) is 0 Å². The van der Waals surface area contributed by atoms with Gasteiger partial charge in [0.15, 0.2) is 12.6 Å². The van der Waals surface area contributed by atoms with Crippen LogP contribution in [0.3, 0.4) is 0 Å². The molecule has 0 bridgehead atoms. The van der Waals surface area contributed by atoms with E-state index in [1.807, 2.05) is 6.08 Å². The van der Waals surface area contributed by atoms with Crippen LogP contribution in [0.15, 0.2) is 97.2 Å². The topological polar surface area (TPSA) is 228 Å². The van der Waals surface area contributed by atoms with Crippen molar-refractivity contribution >= 4 is 5.91 Å². The van der Waals surface area contributed by atoms with E-state index in [1.54, 1.807) is 6.08 Å². The lowest BCUT2D eigenvalue weighted by molar-refractivity contribution is -0.359. The lowest BCUT2D eigenvalue weighted by Gasteiger charge is -2.46. The molecule has 0 radical (unpaired) electrons. The molecule has 2 saturated heterocycles. The fourth-order valence-corrected chi connectivity index (χ4v) is 10.2. The molecule has 0 aromatic heterocycles. The van der Waals surface area contributed by atoms with Crippen molar-refractivity contribution in [2.45, 2.75) is 312 Å². The molecule has 2 aliphatic heterocycles. The molecule has 2 heterocycles. The van der Waals surface area contributed by atoms with Crippen LogP contribution in [0, 0.1) is 0 Å². The van der Waals surface area contributed by atoms with Gasteiger partial charge in [-0.15, -0.1) is 0 Å². The van der Waals surface area contributed by atoms with Crippen LogP contribution in [0.25, 0.3) is 0 Å². The molecule has 12 atom stereocenters. The third-order valence-electron chi connectivity index (χ3n) is 15.5. The molecule has 0 saturated carbocycles. The average Bonchev–Trinajstić information content (AvgIpc) is 3.63. The lowest BCUT2D eigenvalue weighted by Crippen LogP contribution is -2.65. The van der Waals surface area contributed by atoms with Gasteiger partial charge >= 0.3 is 0 Å². The molecule has 0 aliphatic carbocycles. The van der Waals surface area contributed by atoms with E-state index < -0.39 is 86.8 Å². The number of rotatable bonds is 52. The van der Waals surface area contributed by atoms with Crippen LogP contribution in [0.5, 0.6) is 0 Å². The average molecular weight is 1170 g/mol. The summed E-state index contributed by atoms with van der Waals surface area (Å²) in [6, 6.07) is -0.942. The molecule has 2 fully saturated rings. The first-order chi connectivity index (χ1) is 40.6. The third kappa shape index (κ3) is 37.9. The highest BCUT2D eigenvalue weighted by atomic mass is 16.7. The van der Waals surface area contributed by atoms with Gasteiger partial charge in [-0.1, -0.05) is 239 Å². The van der Waals surface area contributed by atoms with E-state index >= 15 is 0 Å². The SMILES string of the molecule is CC/C=C\C/C=C\C/C=C\C/C=C\C/C=C\CCCCCCCCCCCCCCCCCCCC(=O)NC(COC1OC(CO)C(OC2OC(CO)C(O)C(O)C2O)C(O)C1O)C(O)/C=C/CC/C=C/CC/C=C/CCCCCCCC. The molecule has 2 aliphatic rings. The molecule has 478 valence electrons. The van der Waals surface area contributed by atoms with E-state index in [0.717, 1.165) is 77.0 Å². The molecule has 0 aromatic carbocycles. The smallest absolute Gasteiger partial charge is 0.220 e. The van der Waals surface area contributed by atoms with Crippen molar-refractivity contribution < 1.29 is 64.6 Å². The van der Waals surface area contributed by atoms with E-state index in [0.29, 0.717) is 12.8 Å². The molecule has 2 rings (SSSR count). The van der Waals surface area contributed by atoms with Crippen molar-refractivity contribution in [2.24, 2.45) is 0 Å². The first-order valence-electron chi connectivity index (χ1n) is 33.0. The van der Waals surface area contributed by atoms with Crippen molar-refractivity contribution in [3.63, 3.8) is 0 Å². The Balaban J connectivity index is 1.66. The maximum atomic E-state index is 13.3. The Morgan fingerprint density at radius 1 is 0.446 bits per heavy atom. The maximum Gasteiger partial charge on any atom is 0.220 e. The monoisotopic (exact) mass is 1170 g/mol. The molecular formula is C69H119NO13. The zero-order valence-electron chi connectivity index (χ0n) is 51.7. The van der Waals surface area contributed by atoms with Crippen molar-refractivity contribution in [3.8, 4) is 0 Å². The van der Waals surface area contributed by atoms with Gasteiger partial charge in [0.1, 0.15) is 48.8 Å². The van der Waals surface area contributed by atoms with Gasteiger partial charge in [-0.2, -0.15) is 0 Å². The van der Waals surface area contributed by atoms with Crippen LogP contribution >= 0.6 is 0 Å². The largest absolute Gasteiger partial charge is 0.394 e. The normalized spacial score (nSPS) is 24.5. The van der Waals surface area contributed by atoms with Gasteiger partial charge in [0.2, 0.25) is 5.91 Å². The second-order valence-corrected chi connectivity index (χ2v) is 22.8. The van der Waals surface area contributed by atoms with Gasteiger partial charge in [-0.05, 0) is 89.9 Å². The molecule has 83 heavy (non-hydrogen) atoms. The second kappa shape index (κ2) is 53.2. The minimum atomic E-state index is -1.80. The summed E-state index contributed by atoms with van der Waals surface area (Å²) in [6.45, 7) is 2.65. The summed E-state index contributed by atoms with van der Waals surface area (Å²) in [6.07, 6.45) is 57.5. The molecule has 0 aromatic rings. The fourth-order valence-electron chi connectivity index (χ4n) is 10.2. The van der Waals surface area contributed by atoms with Crippen molar-refractivity contribution in [1.29, 1.82) is 0 Å². The second-order valence-electron chi connectivity index (χ2n) is 22.8. The molecule has 0 spiro atoms. The molecule has 14 heteroatoms. The molecule has 9 N–H and O–H groups in total. The molecule has 1 amide bonds. The minimum absolute atomic E-state index is 0.255. The van der Waals surface area contributed by atoms with E-state index in [2.05, 4.69) is 104 Å². The fraction of sp³-hybridized carbons (Fsp3) is 0.754. The van der Waals surface area contributed by atoms with Gasteiger partial charge in [-0.25, -0.2) is 0 Å². The van der Waals surface area contributed by atoms with E-state index in [9.17, 15) is 45.6 Å². The van der Waals surface area contributed by atoms with E-state index in [1.165, 1.54) is 128 Å². The number of aliphatic hydroxyl groups is 8. The Morgan fingerprint density at radius 3 is 1.33 bits per heavy atom. The standard InChI is InChI=1S/C69H119NO13/c1-3-5-7-9-11-13-15-17-19-21-22-23-24-25-26-27-28-29-30-31-32-33-34-35-36-37-39-41-43-45-47-49-51-53-61(74)70-57(58(73)52-50-48-46-44-42-40-38-20-18-16-14-12-10-8-6-4-2)56-80-68-66(79)64(77)67(60(55-72)82-68)83-69-65(78)63(76)62(75)59(54-71)81-69/h5,7,11,13,17-20,22-23,25-26,42,44,50,52,57-60,62-69,71-73,75-79H,3-4,6,8-10,12,14-16,21,24,27-41,43,45-49,51,53-56H2,1-2H3,(H,70,74)/b7-5-,13-11-,19-17-,20-18+,23-22-,26-25-,44-42+,52-50+. The summed E-state index contributed by atoms with van der Waals surface area (Å²) in [4.78, 5) is 13.3. The summed E-state index contributed by atoms with van der Waals surface area (Å²) >= 11 is 0. The Hall–Kier alpha value is -3.09. The van der Waals surface area contributed by atoms with Crippen molar-refractivity contribution in [3.05, 3.63) is 97.2 Å². The van der Waals surface area contributed by atoms with E-state index in [-0.39, 0.29) is 18.9 Å². The Morgan fingerprint density at radius 2 is 0.843 bits per heavy atom. The zero-order valence-corrected chi connectivity index (χ0v) is 51.7. The molecular weight excluding hydrogens is 1050 g/mol. The van der Waals surface area contributed by atoms with Gasteiger partial charge < -0.3 is 65.1 Å². The highest BCUT2D eigenvalue weighted by molar-refractivity contribution is 5.76. The molecule has 14 nitrogen and oxygen atoms in total. The van der Waals surface area contributed by atoms with E-state index in [4.69, 9.17) is 18.9 Å². The Labute approximate surface area is 503 Å². The predicted octanol–water partition coefficient (Wildman–Crippen LogP) is 12.6. The van der Waals surface area contributed by atoms with Gasteiger partial charge in [-0.3, -0.25) is 4.79 Å². The first kappa shape index (κ1) is 76.0. The van der Waals surface area contributed by atoms with Crippen LogP contribution in [0.1, 0.15) is 239 Å². The summed E-state index contributed by atoms with van der Waals surface area (Å²) in [5.74, 6) is -0.255. The number of carbonyl (C=O) groups excluding carboxylic acids is 1. The van der Waals surface area contributed by atoms with Crippen LogP contribution in [0.2, 0.25) is 0 Å². The zero-order chi connectivity index (χ0) is 60.2. The number of unbranched alkanes of at least 4 members (excludes halogenated alkanes) is 25. The highest BCUT2D eigenvalue weighted by Gasteiger charge is 2.51. The molecule has 12 unspecified atom stereocenters. The van der Waals surface area contributed by atoms with Crippen LogP contribution < -0.4 is 5.32 Å². The number of ether oxygens (including phenoxy) is 4. The summed E-state index contributed by atoms with van der Waals surface area (Å²) in [5, 5.41) is 87.2. The number of allylic oxidation sites excluding steroid dienone is 15. The number of carbonyl (C=O) groups is 1. The predicted molar refractivity (Wildman–Crippen MR) is 336 cm³/mol. The van der Waals surface area contributed by atoms with Gasteiger partial charge in [0.25, 0.3) is 0 Å². The number of hydrogen-bond acceptors (Lipinski definition) is 13. The third-order valence-corrected chi connectivity index (χ3v) is 15.5. The Bertz CT molecular complexity index is 1760. The highest BCUT2D eigenvalue weighted by Crippen LogP contribution is 2.30. The van der Waals surface area contributed by atoms with Gasteiger partial charge in [0.05, 0.1) is 32.0 Å². The number of nitrogens with one attached hydrogen (secondary N) is 1. The first-order valence-corrected chi connectivity index (χ1v) is 33.0. The maximum absolute atomic E-state index is 13.3. The van der Waals surface area contributed by atoms with Crippen LogP contribution in [-0.4, -0.2) is 140 Å².